The van der Waals surface area contributed by atoms with Gasteiger partial charge in [-0.15, -0.1) is 0 Å². The molecule has 0 aliphatic heterocycles. The lowest BCUT2D eigenvalue weighted by atomic mass is 10.0. The molecule has 0 saturated carbocycles. The van der Waals surface area contributed by atoms with Crippen molar-refractivity contribution >= 4 is 19.3 Å². The maximum absolute atomic E-state index is 13.7. The Morgan fingerprint density at radius 2 is 1.59 bits per heavy atom. The van der Waals surface area contributed by atoms with Crippen molar-refractivity contribution in [2.75, 3.05) is 6.61 Å². The molecule has 0 aliphatic carbocycles. The second-order valence-electron chi connectivity index (χ2n) is 9.51. The van der Waals surface area contributed by atoms with Gasteiger partial charge in [0.15, 0.2) is 8.32 Å². The predicted octanol–water partition coefficient (Wildman–Crippen LogP) is 5.86. The molecule has 3 nitrogen and oxygen atoms in total. The molecular weight excluding hydrogens is 384 g/mol. The number of hydrogen-bond donors (Lipinski definition) is 1. The van der Waals surface area contributed by atoms with Gasteiger partial charge in [-0.05, 0) is 69.4 Å². The van der Waals surface area contributed by atoms with E-state index in [4.69, 9.17) is 4.43 Å². The molecular formula is C20H35F2NO2SSi. The zero-order chi connectivity index (χ0) is 21.0. The smallest absolute Gasteiger partial charge is 0.191 e. The Labute approximate surface area is 167 Å². The summed E-state index contributed by atoms with van der Waals surface area (Å²) in [5, 5.41) is 0.129. The molecule has 1 aromatic rings. The van der Waals surface area contributed by atoms with Crippen molar-refractivity contribution in [3.63, 3.8) is 0 Å². The highest BCUT2D eigenvalue weighted by Crippen LogP contribution is 2.36. The van der Waals surface area contributed by atoms with Gasteiger partial charge < -0.3 is 4.43 Å². The lowest BCUT2D eigenvalue weighted by Gasteiger charge is -2.36. The third-order valence-electron chi connectivity index (χ3n) is 5.00. The molecule has 0 bridgehead atoms. The van der Waals surface area contributed by atoms with Crippen molar-refractivity contribution in [3.05, 3.63) is 35.4 Å². The first-order chi connectivity index (χ1) is 12.1. The summed E-state index contributed by atoms with van der Waals surface area (Å²) in [6.07, 6.45) is 1.29. The van der Waals surface area contributed by atoms with Gasteiger partial charge in [0.25, 0.3) is 0 Å². The number of hydrogen-bond acceptors (Lipinski definition) is 2. The average molecular weight is 420 g/mol. The first-order valence-corrected chi connectivity index (χ1v) is 13.5. The Morgan fingerprint density at radius 1 is 1.07 bits per heavy atom. The Bertz CT molecular complexity index is 634. The van der Waals surface area contributed by atoms with Crippen LogP contribution >= 0.6 is 0 Å². The van der Waals surface area contributed by atoms with Gasteiger partial charge in [-0.25, -0.2) is 17.7 Å². The fourth-order valence-electron chi connectivity index (χ4n) is 2.21. The minimum Gasteiger partial charge on any atom is -0.417 e. The molecule has 0 aliphatic rings. The summed E-state index contributed by atoms with van der Waals surface area (Å²) in [5.41, 5.74) is 0.470. The second kappa shape index (κ2) is 9.24. The summed E-state index contributed by atoms with van der Waals surface area (Å²) < 4.78 is 48.6. The van der Waals surface area contributed by atoms with E-state index in [1.165, 1.54) is 12.1 Å². The van der Waals surface area contributed by atoms with Crippen molar-refractivity contribution in [2.45, 2.75) is 83.3 Å². The summed E-state index contributed by atoms with van der Waals surface area (Å²) in [5.74, 6) is -1.26. The molecule has 27 heavy (non-hydrogen) atoms. The molecule has 0 fully saturated rings. The van der Waals surface area contributed by atoms with E-state index in [0.717, 1.165) is 6.07 Å². The first-order valence-electron chi connectivity index (χ1n) is 9.41. The minimum atomic E-state index is -1.84. The molecule has 0 aromatic heterocycles. The molecule has 0 radical (unpaired) electrons. The Hall–Kier alpha value is -0.633. The monoisotopic (exact) mass is 419 g/mol. The molecule has 7 heteroatoms. The van der Waals surface area contributed by atoms with Crippen molar-refractivity contribution in [1.29, 1.82) is 0 Å². The average Bonchev–Trinajstić information content (AvgIpc) is 2.46. The molecule has 0 heterocycles. The van der Waals surface area contributed by atoms with Gasteiger partial charge in [-0.1, -0.05) is 20.8 Å². The van der Waals surface area contributed by atoms with Crippen LogP contribution < -0.4 is 4.72 Å². The molecule has 0 saturated heterocycles. The van der Waals surface area contributed by atoms with E-state index in [0.29, 0.717) is 25.0 Å². The van der Waals surface area contributed by atoms with Gasteiger partial charge in [-0.3, -0.25) is 0 Å². The van der Waals surface area contributed by atoms with Gasteiger partial charge in [0, 0.05) is 18.7 Å². The van der Waals surface area contributed by atoms with Gasteiger partial charge in [0.1, 0.15) is 11.6 Å². The Kier molecular flexibility index (Phi) is 8.35. The van der Waals surface area contributed by atoms with Crippen LogP contribution in [0.25, 0.3) is 0 Å². The zero-order valence-electron chi connectivity index (χ0n) is 17.9. The van der Waals surface area contributed by atoms with Crippen LogP contribution in [-0.2, 0) is 15.4 Å². The highest BCUT2D eigenvalue weighted by Gasteiger charge is 2.37. The fraction of sp³-hybridized carbons (Fsp3) is 0.700. The van der Waals surface area contributed by atoms with Crippen molar-refractivity contribution in [1.82, 2.24) is 4.72 Å². The van der Waals surface area contributed by atoms with E-state index in [9.17, 15) is 13.0 Å². The summed E-state index contributed by atoms with van der Waals surface area (Å²) in [4.78, 5) is 0. The zero-order valence-corrected chi connectivity index (χ0v) is 19.7. The number of halogens is 2. The SMILES string of the molecule is CC(C)(C)[S@](=O)N[C@H](CCCO[Si](C)(C)C(C)(C)C)c1cc(F)cc(F)c1. The Balaban J connectivity index is 2.85. The van der Waals surface area contributed by atoms with Gasteiger partial charge in [0.2, 0.25) is 0 Å². The first kappa shape index (κ1) is 24.4. The van der Waals surface area contributed by atoms with E-state index < -0.39 is 41.7 Å². The Morgan fingerprint density at radius 3 is 2.04 bits per heavy atom. The molecule has 1 N–H and O–H groups in total. The third-order valence-corrected chi connectivity index (χ3v) is 11.1. The normalized spacial score (nSPS) is 15.6. The van der Waals surface area contributed by atoms with Crippen molar-refractivity contribution < 1.29 is 17.4 Å². The van der Waals surface area contributed by atoms with E-state index in [2.05, 4.69) is 38.6 Å². The van der Waals surface area contributed by atoms with Crippen LogP contribution in [0.1, 0.15) is 66.0 Å². The second-order valence-corrected chi connectivity index (χ2v) is 16.3. The van der Waals surface area contributed by atoms with E-state index in [1.807, 2.05) is 20.8 Å². The van der Waals surface area contributed by atoms with E-state index in [1.54, 1.807) is 0 Å². The third kappa shape index (κ3) is 7.72. The van der Waals surface area contributed by atoms with Crippen LogP contribution in [0.5, 0.6) is 0 Å². The van der Waals surface area contributed by atoms with Crippen molar-refractivity contribution in [2.24, 2.45) is 0 Å². The van der Waals surface area contributed by atoms with Crippen LogP contribution in [0, 0.1) is 11.6 Å². The van der Waals surface area contributed by atoms with Crippen LogP contribution in [0.15, 0.2) is 18.2 Å². The summed E-state index contributed by atoms with van der Waals surface area (Å²) in [6, 6.07) is 3.05. The highest BCUT2D eigenvalue weighted by atomic mass is 32.2. The summed E-state index contributed by atoms with van der Waals surface area (Å²) in [6.45, 7) is 17.1. The molecule has 156 valence electrons. The van der Waals surface area contributed by atoms with E-state index in [-0.39, 0.29) is 5.04 Å². The van der Waals surface area contributed by atoms with Crippen LogP contribution in [0.3, 0.4) is 0 Å². The van der Waals surface area contributed by atoms with E-state index >= 15 is 0 Å². The maximum Gasteiger partial charge on any atom is 0.191 e. The minimum absolute atomic E-state index is 0.129. The lowest BCUT2D eigenvalue weighted by Crippen LogP contribution is -2.41. The van der Waals surface area contributed by atoms with Crippen LogP contribution in [0.4, 0.5) is 8.78 Å². The van der Waals surface area contributed by atoms with Gasteiger partial charge in [-0.2, -0.15) is 0 Å². The largest absolute Gasteiger partial charge is 0.417 e. The number of rotatable bonds is 8. The summed E-state index contributed by atoms with van der Waals surface area (Å²) >= 11 is 0. The molecule has 2 atom stereocenters. The predicted molar refractivity (Wildman–Crippen MR) is 113 cm³/mol. The van der Waals surface area contributed by atoms with Crippen LogP contribution in [-0.4, -0.2) is 23.9 Å². The number of benzene rings is 1. The van der Waals surface area contributed by atoms with Gasteiger partial charge >= 0.3 is 0 Å². The molecule has 0 unspecified atom stereocenters. The highest BCUT2D eigenvalue weighted by molar-refractivity contribution is 7.84. The quantitative estimate of drug-likeness (QED) is 0.423. The molecule has 0 spiro atoms. The molecule has 0 amide bonds. The molecule has 1 rings (SSSR count). The standard InChI is InChI=1S/C20H35F2NO2SSi/c1-19(2,3)26(24)23-18(15-12-16(21)14-17(22)13-15)10-9-11-25-27(7,8)20(4,5)6/h12-14,18,23H,9-11H2,1-8H3/t18-,26+/m1/s1. The maximum atomic E-state index is 13.7. The number of nitrogens with one attached hydrogen (secondary N) is 1. The van der Waals surface area contributed by atoms with Crippen LogP contribution in [0.2, 0.25) is 18.1 Å². The van der Waals surface area contributed by atoms with Gasteiger partial charge in [0.05, 0.1) is 15.7 Å². The summed E-state index contributed by atoms with van der Waals surface area (Å²) in [7, 11) is -3.18. The molecule has 1 aromatic carbocycles. The fourth-order valence-corrected chi connectivity index (χ4v) is 4.16. The van der Waals surface area contributed by atoms with Crippen molar-refractivity contribution in [3.8, 4) is 0 Å². The topological polar surface area (TPSA) is 38.3 Å². The lowest BCUT2D eigenvalue weighted by molar-refractivity contribution is 0.274.